The third-order valence-corrected chi connectivity index (χ3v) is 2.45. The van der Waals surface area contributed by atoms with Gasteiger partial charge in [0, 0.05) is 31.9 Å². The fraction of sp³-hybridized carbons (Fsp3) is 0.538. The normalized spacial score (nSPS) is 10.5. The van der Waals surface area contributed by atoms with Crippen LogP contribution in [0.15, 0.2) is 12.1 Å². The second-order valence-electron chi connectivity index (χ2n) is 4.55. The first-order valence-corrected chi connectivity index (χ1v) is 5.93. The highest BCUT2D eigenvalue weighted by Gasteiger charge is 2.12. The molecule has 1 amide bonds. The van der Waals surface area contributed by atoms with Crippen LogP contribution in [0.1, 0.15) is 42.7 Å². The second-order valence-corrected chi connectivity index (χ2v) is 4.55. The number of carbonyl (C=O) groups is 1. The molecule has 1 aromatic rings. The van der Waals surface area contributed by atoms with Gasteiger partial charge in [0.25, 0.3) is 5.91 Å². The molecule has 0 aliphatic rings. The maximum atomic E-state index is 11.9. The first-order chi connectivity index (χ1) is 7.95. The number of pyridine rings is 1. The van der Waals surface area contributed by atoms with Crippen LogP contribution in [0.3, 0.4) is 0 Å². The molecule has 0 unspecified atom stereocenters. The van der Waals surface area contributed by atoms with E-state index in [-0.39, 0.29) is 5.91 Å². The first kappa shape index (κ1) is 13.5. The first-order valence-electron chi connectivity index (χ1n) is 5.93. The lowest BCUT2D eigenvalue weighted by molar-refractivity contribution is 0.0827. The number of nitrogens with zero attached hydrogens (tertiary/aromatic N) is 2. The lowest BCUT2D eigenvalue weighted by atomic mass is 10.1. The summed E-state index contributed by atoms with van der Waals surface area (Å²) in [5.74, 6) is 1.08. The summed E-state index contributed by atoms with van der Waals surface area (Å²) in [7, 11) is 3.51. The van der Waals surface area contributed by atoms with E-state index in [1.54, 1.807) is 25.1 Å². The third kappa shape index (κ3) is 3.44. The summed E-state index contributed by atoms with van der Waals surface area (Å²) in [6, 6.07) is 3.67. The van der Waals surface area contributed by atoms with E-state index in [1.807, 2.05) is 13.0 Å². The topological polar surface area (TPSA) is 45.2 Å². The van der Waals surface area contributed by atoms with Gasteiger partial charge in [0.05, 0.1) is 0 Å². The second kappa shape index (κ2) is 5.66. The summed E-state index contributed by atoms with van der Waals surface area (Å²) < 4.78 is 0. The molecule has 0 aromatic carbocycles. The number of anilines is 1. The maximum absolute atomic E-state index is 11.9. The van der Waals surface area contributed by atoms with E-state index in [2.05, 4.69) is 24.1 Å². The largest absolute Gasteiger partial charge is 0.370 e. The molecular formula is C13H21N3O. The van der Waals surface area contributed by atoms with Crippen molar-refractivity contribution in [2.24, 2.45) is 0 Å². The minimum atomic E-state index is 0.00783. The zero-order chi connectivity index (χ0) is 13.0. The smallest absolute Gasteiger partial charge is 0.253 e. The lowest BCUT2D eigenvalue weighted by Gasteiger charge is -2.14. The van der Waals surface area contributed by atoms with Crippen molar-refractivity contribution in [3.05, 3.63) is 23.4 Å². The van der Waals surface area contributed by atoms with Crippen LogP contribution in [-0.4, -0.2) is 36.4 Å². The molecule has 0 radical (unpaired) electrons. The molecule has 0 bridgehead atoms. The van der Waals surface area contributed by atoms with Crippen molar-refractivity contribution < 1.29 is 4.79 Å². The quantitative estimate of drug-likeness (QED) is 0.871. The van der Waals surface area contributed by atoms with Gasteiger partial charge in [-0.1, -0.05) is 13.8 Å². The average molecular weight is 235 g/mol. The predicted molar refractivity (Wildman–Crippen MR) is 70.5 cm³/mol. The number of rotatable bonds is 4. The van der Waals surface area contributed by atoms with E-state index in [1.165, 1.54) is 0 Å². The highest BCUT2D eigenvalue weighted by atomic mass is 16.2. The van der Waals surface area contributed by atoms with Crippen LogP contribution in [0.25, 0.3) is 0 Å². The molecule has 17 heavy (non-hydrogen) atoms. The van der Waals surface area contributed by atoms with Crippen LogP contribution in [0, 0.1) is 0 Å². The fourth-order valence-electron chi connectivity index (χ4n) is 1.50. The fourth-order valence-corrected chi connectivity index (χ4v) is 1.50. The Morgan fingerprint density at radius 3 is 2.53 bits per heavy atom. The Morgan fingerprint density at radius 1 is 1.41 bits per heavy atom. The Morgan fingerprint density at radius 2 is 2.06 bits per heavy atom. The predicted octanol–water partition coefficient (Wildman–Crippen LogP) is 2.34. The number of amides is 1. The van der Waals surface area contributed by atoms with Gasteiger partial charge in [-0.3, -0.25) is 4.79 Å². The molecule has 0 aliphatic heterocycles. The molecule has 4 nitrogen and oxygen atoms in total. The summed E-state index contributed by atoms with van der Waals surface area (Å²) in [5.41, 5.74) is 1.62. The van der Waals surface area contributed by atoms with Crippen LogP contribution >= 0.6 is 0 Å². The summed E-state index contributed by atoms with van der Waals surface area (Å²) in [4.78, 5) is 18.0. The molecule has 0 atom stereocenters. The van der Waals surface area contributed by atoms with Crippen molar-refractivity contribution in [3.8, 4) is 0 Å². The van der Waals surface area contributed by atoms with Gasteiger partial charge in [-0.2, -0.15) is 0 Å². The molecule has 1 aromatic heterocycles. The summed E-state index contributed by atoms with van der Waals surface area (Å²) in [6.07, 6.45) is 0. The molecule has 1 heterocycles. The number of hydrogen-bond acceptors (Lipinski definition) is 3. The SMILES string of the molecule is CCNc1cc(C(=O)N(C)C)cc(C(C)C)n1. The van der Waals surface area contributed by atoms with Crippen LogP contribution in [0.5, 0.6) is 0 Å². The van der Waals surface area contributed by atoms with Crippen molar-refractivity contribution >= 4 is 11.7 Å². The van der Waals surface area contributed by atoms with Crippen molar-refractivity contribution in [3.63, 3.8) is 0 Å². The van der Waals surface area contributed by atoms with E-state index < -0.39 is 0 Å². The molecule has 0 aliphatic carbocycles. The monoisotopic (exact) mass is 235 g/mol. The molecule has 0 fully saturated rings. The van der Waals surface area contributed by atoms with Crippen molar-refractivity contribution in [2.45, 2.75) is 26.7 Å². The molecule has 0 saturated carbocycles. The van der Waals surface area contributed by atoms with Gasteiger partial charge in [-0.15, -0.1) is 0 Å². The van der Waals surface area contributed by atoms with Gasteiger partial charge in [-0.25, -0.2) is 4.98 Å². The summed E-state index contributed by atoms with van der Waals surface area (Å²) in [5, 5.41) is 3.16. The Bertz CT molecular complexity index is 400. The van der Waals surface area contributed by atoms with Gasteiger partial charge >= 0.3 is 0 Å². The van der Waals surface area contributed by atoms with Crippen molar-refractivity contribution in [1.29, 1.82) is 0 Å². The van der Waals surface area contributed by atoms with Crippen LogP contribution in [0.2, 0.25) is 0 Å². The number of carbonyl (C=O) groups excluding carboxylic acids is 1. The van der Waals surface area contributed by atoms with Gasteiger partial charge < -0.3 is 10.2 Å². The Hall–Kier alpha value is -1.58. The Balaban J connectivity index is 3.16. The minimum Gasteiger partial charge on any atom is -0.370 e. The van der Waals surface area contributed by atoms with Gasteiger partial charge in [0.1, 0.15) is 5.82 Å². The molecule has 0 spiro atoms. The molecule has 0 saturated heterocycles. The molecule has 4 heteroatoms. The Kier molecular flexibility index (Phi) is 4.49. The van der Waals surface area contributed by atoms with Crippen molar-refractivity contribution in [1.82, 2.24) is 9.88 Å². The number of aromatic nitrogens is 1. The summed E-state index contributed by atoms with van der Waals surface area (Å²) in [6.45, 7) is 6.95. The minimum absolute atomic E-state index is 0.00783. The van der Waals surface area contributed by atoms with Crippen LogP contribution in [-0.2, 0) is 0 Å². The van der Waals surface area contributed by atoms with Crippen LogP contribution < -0.4 is 5.32 Å². The Labute approximate surface area is 103 Å². The van der Waals surface area contributed by atoms with Gasteiger partial charge in [0.15, 0.2) is 0 Å². The van der Waals surface area contributed by atoms with E-state index in [4.69, 9.17) is 0 Å². The standard InChI is InChI=1S/C13H21N3O/c1-6-14-12-8-10(13(17)16(4)5)7-11(15-12)9(2)3/h7-9H,6H2,1-5H3,(H,14,15). The highest BCUT2D eigenvalue weighted by Crippen LogP contribution is 2.18. The highest BCUT2D eigenvalue weighted by molar-refractivity contribution is 5.94. The summed E-state index contributed by atoms with van der Waals surface area (Å²) >= 11 is 0. The van der Waals surface area contributed by atoms with E-state index in [9.17, 15) is 4.79 Å². The average Bonchev–Trinajstić information content (AvgIpc) is 2.27. The zero-order valence-corrected chi connectivity index (χ0v) is 11.2. The maximum Gasteiger partial charge on any atom is 0.253 e. The van der Waals surface area contributed by atoms with E-state index >= 15 is 0 Å². The van der Waals surface area contributed by atoms with E-state index in [0.717, 1.165) is 18.1 Å². The molecule has 1 N–H and O–H groups in total. The zero-order valence-electron chi connectivity index (χ0n) is 11.2. The van der Waals surface area contributed by atoms with E-state index in [0.29, 0.717) is 11.5 Å². The van der Waals surface area contributed by atoms with Gasteiger partial charge in [-0.05, 0) is 25.0 Å². The molecule has 94 valence electrons. The lowest BCUT2D eigenvalue weighted by Crippen LogP contribution is -2.22. The van der Waals surface area contributed by atoms with Crippen LogP contribution in [0.4, 0.5) is 5.82 Å². The number of hydrogen-bond donors (Lipinski definition) is 1. The van der Waals surface area contributed by atoms with Gasteiger partial charge in [0.2, 0.25) is 0 Å². The molecular weight excluding hydrogens is 214 g/mol. The van der Waals surface area contributed by atoms with Crippen molar-refractivity contribution in [2.75, 3.05) is 26.0 Å². The third-order valence-electron chi connectivity index (χ3n) is 2.45. The number of nitrogens with one attached hydrogen (secondary N) is 1. The molecule has 1 rings (SSSR count).